The molecular weight excluding hydrogens is 1150 g/mol. The van der Waals surface area contributed by atoms with Gasteiger partial charge in [0.25, 0.3) is 0 Å². The molecule has 0 spiro atoms. The standard InChI is InChI=1S/C68H128O17P2/c1-7-11-13-15-17-19-20-21-22-23-24-29-33-40-46-52-67(72)84-63(56-79-66(71)51-45-39-32-28-26-25-27-30-36-42-48-60(5)9-3)58-82-86(74,75)80-54-62(69)55-81-87(76,77)83-59-64(57-78-65(70)50-44-38-31-18-16-14-12-8-2)85-68(73)53-47-41-35-34-37-43-49-61(6)10-4/h19-22,60-64,69H,7-18,23-59H2,1-6H3,(H,74,75)(H,76,77)/b20-19-,22-21-/t60?,61?,62-,63-,64-/m1/s1. The Hall–Kier alpha value is -2.46. The van der Waals surface area contributed by atoms with E-state index in [-0.39, 0.29) is 25.7 Å². The van der Waals surface area contributed by atoms with E-state index >= 15 is 0 Å². The van der Waals surface area contributed by atoms with Gasteiger partial charge in [-0.15, -0.1) is 0 Å². The van der Waals surface area contributed by atoms with Gasteiger partial charge in [0.15, 0.2) is 12.2 Å². The van der Waals surface area contributed by atoms with Crippen molar-refractivity contribution in [2.24, 2.45) is 11.8 Å². The molecule has 7 atom stereocenters. The van der Waals surface area contributed by atoms with Gasteiger partial charge in [-0.25, -0.2) is 9.13 Å². The lowest BCUT2D eigenvalue weighted by Gasteiger charge is -2.21. The smallest absolute Gasteiger partial charge is 0.462 e. The van der Waals surface area contributed by atoms with Crippen molar-refractivity contribution in [1.82, 2.24) is 0 Å². The van der Waals surface area contributed by atoms with Crippen molar-refractivity contribution in [1.29, 1.82) is 0 Å². The zero-order chi connectivity index (χ0) is 64.3. The van der Waals surface area contributed by atoms with E-state index in [1.165, 1.54) is 116 Å². The Kier molecular flexibility index (Phi) is 58.1. The highest BCUT2D eigenvalue weighted by molar-refractivity contribution is 7.47. The maximum Gasteiger partial charge on any atom is 0.472 e. The topological polar surface area (TPSA) is 237 Å². The molecule has 0 fully saturated rings. The minimum Gasteiger partial charge on any atom is -0.462 e. The number of phosphoric acid groups is 2. The van der Waals surface area contributed by atoms with Crippen LogP contribution in [0.1, 0.15) is 318 Å². The van der Waals surface area contributed by atoms with E-state index in [2.05, 4.69) is 65.8 Å². The zero-order valence-corrected chi connectivity index (χ0v) is 57.6. The van der Waals surface area contributed by atoms with Gasteiger partial charge in [0.05, 0.1) is 26.4 Å². The quantitative estimate of drug-likeness (QED) is 0.0169. The molecule has 0 aliphatic carbocycles. The highest BCUT2D eigenvalue weighted by Gasteiger charge is 2.30. The molecule has 0 bridgehead atoms. The molecule has 19 heteroatoms. The Morgan fingerprint density at radius 2 is 0.644 bits per heavy atom. The SMILES string of the molecule is CCCCCC/C=C\C=C/CCCCCCCC(=O)O[C@H](COC(=O)CCCCCCCCCCCCC(C)CC)COP(=O)(O)OC[C@@H](O)COP(=O)(O)OC[C@@H](COC(=O)CCCCCCCCCC)OC(=O)CCCCCCCCC(C)CC. The van der Waals surface area contributed by atoms with Crippen LogP contribution in [0.15, 0.2) is 24.3 Å². The van der Waals surface area contributed by atoms with Crippen LogP contribution in [-0.4, -0.2) is 96.7 Å². The molecule has 0 heterocycles. The van der Waals surface area contributed by atoms with Crippen LogP contribution >= 0.6 is 15.6 Å². The summed E-state index contributed by atoms with van der Waals surface area (Å²) in [4.78, 5) is 72.3. The molecule has 0 rings (SSSR count). The van der Waals surface area contributed by atoms with Crippen molar-refractivity contribution < 1.29 is 80.2 Å². The van der Waals surface area contributed by atoms with Crippen LogP contribution < -0.4 is 0 Å². The summed E-state index contributed by atoms with van der Waals surface area (Å²) in [5.74, 6) is -0.638. The first-order chi connectivity index (χ1) is 41.9. The molecule has 4 unspecified atom stereocenters. The number of allylic oxidation sites excluding steroid dienone is 4. The first-order valence-corrected chi connectivity index (χ1v) is 37.9. The third-order valence-corrected chi connectivity index (χ3v) is 17.7. The summed E-state index contributed by atoms with van der Waals surface area (Å²) >= 11 is 0. The molecule has 0 aromatic carbocycles. The monoisotopic (exact) mass is 1280 g/mol. The van der Waals surface area contributed by atoms with Crippen molar-refractivity contribution in [3.8, 4) is 0 Å². The number of carbonyl (C=O) groups is 4. The van der Waals surface area contributed by atoms with Gasteiger partial charge >= 0.3 is 39.5 Å². The van der Waals surface area contributed by atoms with E-state index in [1.807, 2.05) is 0 Å². The van der Waals surface area contributed by atoms with E-state index in [4.69, 9.17) is 37.0 Å². The summed E-state index contributed by atoms with van der Waals surface area (Å²) in [5, 5.41) is 10.6. The molecule has 87 heavy (non-hydrogen) atoms. The molecule has 0 saturated heterocycles. The Balaban J connectivity index is 5.28. The van der Waals surface area contributed by atoms with Gasteiger partial charge in [-0.05, 0) is 63.2 Å². The number of phosphoric ester groups is 2. The molecule has 0 aromatic rings. The number of unbranched alkanes of at least 4 members (excludes halogenated alkanes) is 30. The van der Waals surface area contributed by atoms with Gasteiger partial charge in [0, 0.05) is 25.7 Å². The number of aliphatic hydroxyl groups excluding tert-OH is 1. The van der Waals surface area contributed by atoms with Gasteiger partial charge in [-0.2, -0.15) is 0 Å². The average molecular weight is 1280 g/mol. The van der Waals surface area contributed by atoms with E-state index < -0.39 is 97.5 Å². The Morgan fingerprint density at radius 3 is 0.977 bits per heavy atom. The second-order valence-electron chi connectivity index (χ2n) is 24.4. The van der Waals surface area contributed by atoms with E-state index in [1.54, 1.807) is 0 Å². The van der Waals surface area contributed by atoms with Crippen molar-refractivity contribution in [3.05, 3.63) is 24.3 Å². The summed E-state index contributed by atoms with van der Waals surface area (Å²) in [5.41, 5.74) is 0. The maximum absolute atomic E-state index is 13.0. The van der Waals surface area contributed by atoms with Crippen molar-refractivity contribution in [2.45, 2.75) is 336 Å². The number of hydrogen-bond acceptors (Lipinski definition) is 15. The Bertz CT molecular complexity index is 1800. The largest absolute Gasteiger partial charge is 0.472 e. The average Bonchev–Trinajstić information content (AvgIpc) is 3.71. The predicted molar refractivity (Wildman–Crippen MR) is 349 cm³/mol. The van der Waals surface area contributed by atoms with Gasteiger partial charge in [0.2, 0.25) is 0 Å². The predicted octanol–water partition coefficient (Wildman–Crippen LogP) is 18.8. The molecular formula is C68H128O17P2. The highest BCUT2D eigenvalue weighted by atomic mass is 31.2. The van der Waals surface area contributed by atoms with E-state index in [0.29, 0.717) is 25.7 Å². The summed E-state index contributed by atoms with van der Waals surface area (Å²) < 4.78 is 68.1. The van der Waals surface area contributed by atoms with Gasteiger partial charge in [-0.1, -0.05) is 265 Å². The van der Waals surface area contributed by atoms with Crippen LogP contribution in [0.5, 0.6) is 0 Å². The Morgan fingerprint density at radius 1 is 0.368 bits per heavy atom. The molecule has 0 saturated carbocycles. The summed E-state index contributed by atoms with van der Waals surface area (Å²) in [6, 6.07) is 0. The minimum atomic E-state index is -4.96. The maximum atomic E-state index is 13.0. The number of rotatable bonds is 65. The first kappa shape index (κ1) is 84.5. The van der Waals surface area contributed by atoms with Crippen LogP contribution in [0, 0.1) is 11.8 Å². The second-order valence-corrected chi connectivity index (χ2v) is 27.3. The lowest BCUT2D eigenvalue weighted by atomic mass is 9.99. The number of ether oxygens (including phenoxy) is 4. The fourth-order valence-corrected chi connectivity index (χ4v) is 11.2. The Labute approximate surface area is 529 Å². The van der Waals surface area contributed by atoms with Gasteiger partial charge in [0.1, 0.15) is 19.3 Å². The van der Waals surface area contributed by atoms with Crippen LogP contribution in [0.25, 0.3) is 0 Å². The van der Waals surface area contributed by atoms with Gasteiger partial charge in [-0.3, -0.25) is 37.3 Å². The number of hydrogen-bond donors (Lipinski definition) is 3. The fourth-order valence-electron chi connectivity index (χ4n) is 9.63. The van der Waals surface area contributed by atoms with E-state index in [0.717, 1.165) is 121 Å². The second kappa shape index (κ2) is 59.8. The van der Waals surface area contributed by atoms with Gasteiger partial charge < -0.3 is 33.8 Å². The summed E-state index contributed by atoms with van der Waals surface area (Å²) in [6.45, 7) is 9.41. The molecule has 0 aliphatic rings. The molecule has 0 aliphatic heterocycles. The summed E-state index contributed by atoms with van der Waals surface area (Å²) in [6.07, 6.45) is 46.6. The molecule has 512 valence electrons. The molecule has 3 N–H and O–H groups in total. The van der Waals surface area contributed by atoms with Crippen LogP contribution in [0.4, 0.5) is 0 Å². The zero-order valence-electron chi connectivity index (χ0n) is 55.8. The fraction of sp³-hybridized carbons (Fsp3) is 0.882. The van der Waals surface area contributed by atoms with E-state index in [9.17, 15) is 43.2 Å². The molecule has 0 amide bonds. The van der Waals surface area contributed by atoms with Crippen LogP contribution in [-0.2, 0) is 65.4 Å². The highest BCUT2D eigenvalue weighted by Crippen LogP contribution is 2.45. The number of carbonyl (C=O) groups excluding carboxylic acids is 4. The number of esters is 4. The first-order valence-electron chi connectivity index (χ1n) is 34.9. The third kappa shape index (κ3) is 59.6. The molecule has 17 nitrogen and oxygen atoms in total. The normalized spacial score (nSPS) is 15.0. The molecule has 0 aromatic heterocycles. The third-order valence-electron chi connectivity index (χ3n) is 15.8. The number of aliphatic hydroxyl groups is 1. The van der Waals surface area contributed by atoms with Crippen molar-refractivity contribution in [3.63, 3.8) is 0 Å². The van der Waals surface area contributed by atoms with Crippen LogP contribution in [0.2, 0.25) is 0 Å². The summed E-state index contributed by atoms with van der Waals surface area (Å²) in [7, 11) is -9.91. The van der Waals surface area contributed by atoms with Crippen LogP contribution in [0.3, 0.4) is 0 Å². The molecule has 0 radical (unpaired) electrons. The van der Waals surface area contributed by atoms with Crippen molar-refractivity contribution in [2.75, 3.05) is 39.6 Å². The minimum absolute atomic E-state index is 0.0845. The lowest BCUT2D eigenvalue weighted by Crippen LogP contribution is -2.30. The lowest BCUT2D eigenvalue weighted by molar-refractivity contribution is -0.161. The van der Waals surface area contributed by atoms with Crippen molar-refractivity contribution >= 4 is 39.5 Å².